The van der Waals surface area contributed by atoms with Gasteiger partial charge in [-0.3, -0.25) is 9.59 Å². The highest BCUT2D eigenvalue weighted by molar-refractivity contribution is 5.93. The number of hydrogen-bond donors (Lipinski definition) is 1. The van der Waals surface area contributed by atoms with Crippen LogP contribution in [0.25, 0.3) is 5.69 Å². The smallest absolute Gasteiger partial charge is 0.333 e. The van der Waals surface area contributed by atoms with E-state index in [4.69, 9.17) is 4.74 Å². The van der Waals surface area contributed by atoms with Gasteiger partial charge in [0.05, 0.1) is 18.4 Å². The summed E-state index contributed by atoms with van der Waals surface area (Å²) in [4.78, 5) is 37.7. The molecular weight excluding hydrogens is 248 g/mol. The average molecular weight is 260 g/mol. The Hall–Kier alpha value is -2.63. The number of methoxy groups -OCH3 is 1. The summed E-state index contributed by atoms with van der Waals surface area (Å²) in [7, 11) is 1.44. The van der Waals surface area contributed by atoms with Gasteiger partial charge in [0.2, 0.25) is 0 Å². The molecule has 6 heteroatoms. The SMILES string of the molecule is COc1ccccc1-n1c(=O)[nH]cc(C(C)=O)c1=O. The van der Waals surface area contributed by atoms with Crippen molar-refractivity contribution in [3.8, 4) is 11.4 Å². The van der Waals surface area contributed by atoms with Crippen LogP contribution >= 0.6 is 0 Å². The highest BCUT2D eigenvalue weighted by Gasteiger charge is 2.14. The van der Waals surface area contributed by atoms with Gasteiger partial charge in [-0.2, -0.15) is 0 Å². The fraction of sp³-hybridized carbons (Fsp3) is 0.154. The topological polar surface area (TPSA) is 81.2 Å². The minimum atomic E-state index is -0.666. The average Bonchev–Trinajstić information content (AvgIpc) is 2.39. The Labute approximate surface area is 108 Å². The number of carbonyl (C=O) groups excluding carboxylic acids is 1. The second kappa shape index (κ2) is 4.93. The number of ketones is 1. The van der Waals surface area contributed by atoms with Crippen LogP contribution in [0.5, 0.6) is 5.75 Å². The number of nitrogens with one attached hydrogen (secondary N) is 1. The second-order valence-corrected chi connectivity index (χ2v) is 3.88. The zero-order chi connectivity index (χ0) is 14.0. The summed E-state index contributed by atoms with van der Waals surface area (Å²) in [5.41, 5.74) is -1.08. The van der Waals surface area contributed by atoms with Crippen molar-refractivity contribution >= 4 is 5.78 Å². The molecule has 19 heavy (non-hydrogen) atoms. The van der Waals surface area contributed by atoms with Crippen LogP contribution in [0.2, 0.25) is 0 Å². The molecule has 1 aromatic carbocycles. The molecule has 0 saturated heterocycles. The van der Waals surface area contributed by atoms with E-state index in [1.54, 1.807) is 24.3 Å². The molecule has 1 aromatic heterocycles. The minimum absolute atomic E-state index is 0.0782. The molecule has 98 valence electrons. The lowest BCUT2D eigenvalue weighted by Gasteiger charge is -2.10. The van der Waals surface area contributed by atoms with Crippen molar-refractivity contribution in [3.63, 3.8) is 0 Å². The third kappa shape index (κ3) is 2.20. The molecule has 6 nitrogen and oxygen atoms in total. The van der Waals surface area contributed by atoms with E-state index in [0.717, 1.165) is 10.8 Å². The maximum Gasteiger partial charge on any atom is 0.333 e. The number of rotatable bonds is 3. The normalized spacial score (nSPS) is 10.2. The Morgan fingerprint density at radius 2 is 1.95 bits per heavy atom. The first-order chi connectivity index (χ1) is 9.06. The number of hydrogen-bond acceptors (Lipinski definition) is 4. The number of H-pyrrole nitrogens is 1. The lowest BCUT2D eigenvalue weighted by molar-refractivity contribution is 0.101. The van der Waals surface area contributed by atoms with E-state index in [9.17, 15) is 14.4 Å². The van der Waals surface area contributed by atoms with Crippen molar-refractivity contribution < 1.29 is 9.53 Å². The van der Waals surface area contributed by atoms with Gasteiger partial charge in [-0.05, 0) is 19.1 Å². The van der Waals surface area contributed by atoms with Crippen LogP contribution in [-0.2, 0) is 0 Å². The number of aromatic amines is 1. The fourth-order valence-corrected chi connectivity index (χ4v) is 1.76. The third-order valence-electron chi connectivity index (χ3n) is 2.68. The van der Waals surface area contributed by atoms with Gasteiger partial charge in [0, 0.05) is 6.20 Å². The van der Waals surface area contributed by atoms with Crippen LogP contribution in [0, 0.1) is 0 Å². The predicted molar refractivity (Wildman–Crippen MR) is 69.2 cm³/mol. The van der Waals surface area contributed by atoms with E-state index in [1.807, 2.05) is 0 Å². The number of para-hydroxylation sites is 2. The molecule has 2 aromatic rings. The summed E-state index contributed by atoms with van der Waals surface area (Å²) < 4.78 is 6.00. The van der Waals surface area contributed by atoms with E-state index < -0.39 is 17.0 Å². The summed E-state index contributed by atoms with van der Waals surface area (Å²) in [5.74, 6) is -0.0410. The minimum Gasteiger partial charge on any atom is -0.495 e. The molecule has 0 saturated carbocycles. The van der Waals surface area contributed by atoms with Gasteiger partial charge >= 0.3 is 5.69 Å². The largest absolute Gasteiger partial charge is 0.495 e. The molecule has 2 rings (SSSR count). The molecule has 0 aliphatic carbocycles. The predicted octanol–water partition coefficient (Wildman–Crippen LogP) is 0.737. The van der Waals surface area contributed by atoms with Crippen molar-refractivity contribution in [2.24, 2.45) is 0 Å². The van der Waals surface area contributed by atoms with E-state index in [2.05, 4.69) is 4.98 Å². The molecule has 0 spiro atoms. The zero-order valence-corrected chi connectivity index (χ0v) is 10.5. The number of ether oxygens (including phenoxy) is 1. The Balaban J connectivity index is 2.83. The van der Waals surface area contributed by atoms with Crippen molar-refractivity contribution in [2.75, 3.05) is 7.11 Å². The van der Waals surface area contributed by atoms with Gasteiger partial charge in [-0.1, -0.05) is 12.1 Å². The molecular formula is C13H12N2O4. The molecule has 0 aliphatic rings. The monoisotopic (exact) mass is 260 g/mol. The van der Waals surface area contributed by atoms with Crippen molar-refractivity contribution in [1.82, 2.24) is 9.55 Å². The van der Waals surface area contributed by atoms with Crippen LogP contribution in [0.15, 0.2) is 40.1 Å². The van der Waals surface area contributed by atoms with Gasteiger partial charge in [0.25, 0.3) is 5.56 Å². The van der Waals surface area contributed by atoms with Crippen LogP contribution in [0.4, 0.5) is 0 Å². The lowest BCUT2D eigenvalue weighted by atomic mass is 10.2. The van der Waals surface area contributed by atoms with Gasteiger partial charge in [-0.15, -0.1) is 0 Å². The molecule has 0 radical (unpaired) electrons. The molecule has 1 heterocycles. The van der Waals surface area contributed by atoms with E-state index >= 15 is 0 Å². The summed E-state index contributed by atoms with van der Waals surface area (Å²) in [6, 6.07) is 6.58. The van der Waals surface area contributed by atoms with Crippen molar-refractivity contribution in [3.05, 3.63) is 56.9 Å². The van der Waals surface area contributed by atoms with Gasteiger partial charge in [-0.25, -0.2) is 9.36 Å². The van der Waals surface area contributed by atoms with E-state index in [1.165, 1.54) is 14.0 Å². The number of aromatic nitrogens is 2. The molecule has 0 bridgehead atoms. The molecule has 0 fully saturated rings. The molecule has 0 amide bonds. The number of Topliss-reactive ketones (excluding diaryl/α,β-unsaturated/α-hetero) is 1. The Kier molecular flexibility index (Phi) is 3.33. The standard InChI is InChI=1S/C13H12N2O4/c1-8(16)9-7-14-13(18)15(12(9)17)10-5-3-4-6-11(10)19-2/h3-7H,1-2H3,(H,14,18). The summed E-state index contributed by atoms with van der Waals surface area (Å²) in [6.07, 6.45) is 1.12. The van der Waals surface area contributed by atoms with Crippen LogP contribution in [-0.4, -0.2) is 22.4 Å². The Morgan fingerprint density at radius 3 is 2.58 bits per heavy atom. The van der Waals surface area contributed by atoms with Crippen LogP contribution in [0.3, 0.4) is 0 Å². The van der Waals surface area contributed by atoms with Gasteiger partial charge in [0.15, 0.2) is 5.78 Å². The van der Waals surface area contributed by atoms with Gasteiger partial charge < -0.3 is 9.72 Å². The summed E-state index contributed by atoms with van der Waals surface area (Å²) >= 11 is 0. The molecule has 0 aliphatic heterocycles. The first-order valence-electron chi connectivity index (χ1n) is 5.55. The van der Waals surface area contributed by atoms with Crippen molar-refractivity contribution in [1.29, 1.82) is 0 Å². The molecule has 1 N–H and O–H groups in total. The first kappa shape index (κ1) is 12.8. The molecule has 0 atom stereocenters. The Morgan fingerprint density at radius 1 is 1.26 bits per heavy atom. The van der Waals surface area contributed by atoms with Gasteiger partial charge in [0.1, 0.15) is 5.75 Å². The highest BCUT2D eigenvalue weighted by atomic mass is 16.5. The zero-order valence-electron chi connectivity index (χ0n) is 10.5. The molecule has 0 unspecified atom stereocenters. The Bertz CT molecular complexity index is 743. The number of benzene rings is 1. The summed E-state index contributed by atoms with van der Waals surface area (Å²) in [5, 5.41) is 0. The van der Waals surface area contributed by atoms with Crippen LogP contribution < -0.4 is 16.0 Å². The second-order valence-electron chi connectivity index (χ2n) is 3.88. The highest BCUT2D eigenvalue weighted by Crippen LogP contribution is 2.19. The van der Waals surface area contributed by atoms with Crippen LogP contribution in [0.1, 0.15) is 17.3 Å². The maximum absolute atomic E-state index is 12.2. The summed E-state index contributed by atoms with van der Waals surface area (Å²) in [6.45, 7) is 1.27. The van der Waals surface area contributed by atoms with Crippen molar-refractivity contribution in [2.45, 2.75) is 6.92 Å². The van der Waals surface area contributed by atoms with E-state index in [-0.39, 0.29) is 5.56 Å². The first-order valence-corrected chi connectivity index (χ1v) is 5.55. The maximum atomic E-state index is 12.2. The number of nitrogens with zero attached hydrogens (tertiary/aromatic N) is 1. The lowest BCUT2D eigenvalue weighted by Crippen LogP contribution is -2.36. The number of carbonyl (C=O) groups is 1. The fourth-order valence-electron chi connectivity index (χ4n) is 1.76. The van der Waals surface area contributed by atoms with E-state index in [0.29, 0.717) is 11.4 Å². The quantitative estimate of drug-likeness (QED) is 0.825. The third-order valence-corrected chi connectivity index (χ3v) is 2.68.